The third-order valence-electron chi connectivity index (χ3n) is 4.06. The molecule has 6 heteroatoms. The maximum atomic E-state index is 5.30. The zero-order chi connectivity index (χ0) is 16.1. The molecule has 0 aliphatic carbocycles. The fourth-order valence-electron chi connectivity index (χ4n) is 2.76. The summed E-state index contributed by atoms with van der Waals surface area (Å²) in [7, 11) is 1.73. The van der Waals surface area contributed by atoms with E-state index in [2.05, 4.69) is 22.5 Å². The monoisotopic (exact) mass is 313 g/mol. The molecule has 1 aliphatic rings. The molecule has 1 atom stereocenters. The zero-order valence-electron chi connectivity index (χ0n) is 13.7. The number of fused-ring (bicyclic) bond motifs is 1. The largest absolute Gasteiger partial charge is 0.383 e. The van der Waals surface area contributed by atoms with Gasteiger partial charge in [0.1, 0.15) is 5.82 Å². The smallest absolute Gasteiger partial charge is 0.163 e. The summed E-state index contributed by atoms with van der Waals surface area (Å²) >= 11 is 0. The highest BCUT2D eigenvalue weighted by molar-refractivity contribution is 5.59. The predicted molar refractivity (Wildman–Crippen MR) is 90.3 cm³/mol. The number of anilines is 1. The second-order valence-corrected chi connectivity index (χ2v) is 5.69. The number of nitrogens with one attached hydrogen (secondary N) is 2. The molecule has 0 saturated carbocycles. The number of nitrogens with zero attached hydrogens (tertiary/aromatic N) is 3. The maximum absolute atomic E-state index is 5.30. The van der Waals surface area contributed by atoms with E-state index in [4.69, 9.17) is 14.7 Å². The summed E-state index contributed by atoms with van der Waals surface area (Å²) in [6.45, 7) is 4.54. The molecule has 3 heterocycles. The van der Waals surface area contributed by atoms with E-state index in [1.54, 1.807) is 19.5 Å². The van der Waals surface area contributed by atoms with E-state index in [0.717, 1.165) is 48.8 Å². The topological polar surface area (TPSA) is 72.0 Å². The molecule has 2 aromatic heterocycles. The lowest BCUT2D eigenvalue weighted by Gasteiger charge is -2.24. The van der Waals surface area contributed by atoms with E-state index in [0.29, 0.717) is 6.61 Å². The van der Waals surface area contributed by atoms with E-state index in [-0.39, 0.29) is 6.04 Å². The van der Waals surface area contributed by atoms with Crippen LogP contribution in [-0.2, 0) is 17.7 Å². The summed E-state index contributed by atoms with van der Waals surface area (Å²) in [4.78, 5) is 13.7. The van der Waals surface area contributed by atoms with Crippen LogP contribution in [0, 0.1) is 0 Å². The van der Waals surface area contributed by atoms with Crippen LogP contribution in [0.25, 0.3) is 11.4 Å². The van der Waals surface area contributed by atoms with Gasteiger partial charge in [-0.2, -0.15) is 0 Å². The molecule has 0 saturated heterocycles. The molecule has 0 bridgehead atoms. The van der Waals surface area contributed by atoms with Crippen LogP contribution in [0.1, 0.15) is 24.6 Å². The lowest BCUT2D eigenvalue weighted by molar-refractivity contribution is 0.184. The number of hydrogen-bond donors (Lipinski definition) is 2. The Hall–Kier alpha value is -2.05. The van der Waals surface area contributed by atoms with Gasteiger partial charge < -0.3 is 15.4 Å². The van der Waals surface area contributed by atoms with Gasteiger partial charge in [0.15, 0.2) is 5.82 Å². The van der Waals surface area contributed by atoms with Crippen molar-refractivity contribution < 1.29 is 4.74 Å². The number of methoxy groups -OCH3 is 1. The molecule has 0 radical (unpaired) electrons. The molecule has 2 N–H and O–H groups in total. The highest BCUT2D eigenvalue weighted by Crippen LogP contribution is 2.25. The summed E-state index contributed by atoms with van der Waals surface area (Å²) in [6.07, 6.45) is 5.48. The van der Waals surface area contributed by atoms with Gasteiger partial charge >= 0.3 is 0 Å². The van der Waals surface area contributed by atoms with Gasteiger partial charge in [0.25, 0.3) is 0 Å². The number of rotatable bonds is 6. The van der Waals surface area contributed by atoms with Crippen molar-refractivity contribution >= 4 is 5.82 Å². The molecule has 0 unspecified atom stereocenters. The van der Waals surface area contributed by atoms with Gasteiger partial charge in [-0.1, -0.05) is 6.92 Å². The zero-order valence-corrected chi connectivity index (χ0v) is 13.7. The van der Waals surface area contributed by atoms with Crippen molar-refractivity contribution in [1.29, 1.82) is 0 Å². The van der Waals surface area contributed by atoms with Gasteiger partial charge in [-0.25, -0.2) is 9.97 Å². The highest BCUT2D eigenvalue weighted by atomic mass is 16.5. The summed E-state index contributed by atoms with van der Waals surface area (Å²) in [5, 5.41) is 6.92. The molecule has 0 amide bonds. The van der Waals surface area contributed by atoms with E-state index < -0.39 is 0 Å². The maximum Gasteiger partial charge on any atom is 0.163 e. The molecule has 3 rings (SSSR count). The van der Waals surface area contributed by atoms with Gasteiger partial charge in [0, 0.05) is 37.2 Å². The third-order valence-corrected chi connectivity index (χ3v) is 4.06. The summed E-state index contributed by atoms with van der Waals surface area (Å²) in [6, 6.07) is 4.14. The summed E-state index contributed by atoms with van der Waals surface area (Å²) < 4.78 is 5.30. The number of aromatic nitrogens is 3. The van der Waals surface area contributed by atoms with E-state index >= 15 is 0 Å². The molecule has 0 fully saturated rings. The molecule has 0 aromatic carbocycles. The van der Waals surface area contributed by atoms with Crippen LogP contribution in [0.2, 0.25) is 0 Å². The first kappa shape index (κ1) is 15.8. The molecule has 1 aliphatic heterocycles. The lowest BCUT2D eigenvalue weighted by atomic mass is 10.1. The van der Waals surface area contributed by atoms with Crippen LogP contribution in [0.3, 0.4) is 0 Å². The van der Waals surface area contributed by atoms with Gasteiger partial charge in [0.2, 0.25) is 0 Å². The SMILES string of the molecule is CC[C@@H](COC)Nc1nc(-c2cccnc2)nc2c1CCNC2. The van der Waals surface area contributed by atoms with Gasteiger partial charge in [0.05, 0.1) is 18.3 Å². The van der Waals surface area contributed by atoms with Crippen molar-refractivity contribution in [2.24, 2.45) is 0 Å². The average molecular weight is 313 g/mol. The van der Waals surface area contributed by atoms with E-state index in [1.807, 2.05) is 12.1 Å². The molecular weight excluding hydrogens is 290 g/mol. The Labute approximate surface area is 136 Å². The average Bonchev–Trinajstić information content (AvgIpc) is 2.62. The van der Waals surface area contributed by atoms with Crippen LogP contribution < -0.4 is 10.6 Å². The quantitative estimate of drug-likeness (QED) is 0.850. The summed E-state index contributed by atoms with van der Waals surface area (Å²) in [5.74, 6) is 1.65. The lowest BCUT2D eigenvalue weighted by Crippen LogP contribution is -2.30. The van der Waals surface area contributed by atoms with Gasteiger partial charge in [-0.05, 0) is 31.5 Å². The van der Waals surface area contributed by atoms with Crippen LogP contribution >= 0.6 is 0 Å². The first-order chi connectivity index (χ1) is 11.3. The standard InChI is InChI=1S/C17H23N5O/c1-3-13(11-23-2)20-17-14-6-8-19-10-15(14)21-16(22-17)12-5-4-7-18-9-12/h4-5,7,9,13,19H,3,6,8,10-11H2,1-2H3,(H,20,21,22)/t13-/m0/s1. The Bertz CT molecular complexity index is 647. The Morgan fingerprint density at radius 2 is 2.30 bits per heavy atom. The fourth-order valence-corrected chi connectivity index (χ4v) is 2.76. The highest BCUT2D eigenvalue weighted by Gasteiger charge is 2.20. The minimum Gasteiger partial charge on any atom is -0.383 e. The van der Waals surface area contributed by atoms with Crippen molar-refractivity contribution in [3.05, 3.63) is 35.8 Å². The molecule has 0 spiro atoms. The number of pyridine rings is 1. The molecule has 122 valence electrons. The van der Waals surface area contributed by atoms with Crippen molar-refractivity contribution in [3.8, 4) is 11.4 Å². The second kappa shape index (κ2) is 7.48. The van der Waals surface area contributed by atoms with Gasteiger partial charge in [-0.3, -0.25) is 4.98 Å². The van der Waals surface area contributed by atoms with Crippen molar-refractivity contribution in [2.75, 3.05) is 25.6 Å². The first-order valence-corrected chi connectivity index (χ1v) is 8.08. The Morgan fingerprint density at radius 3 is 3.04 bits per heavy atom. The number of ether oxygens (including phenoxy) is 1. The van der Waals surface area contributed by atoms with Crippen LogP contribution in [-0.4, -0.2) is 41.3 Å². The Morgan fingerprint density at radius 1 is 1.39 bits per heavy atom. The Balaban J connectivity index is 1.99. The second-order valence-electron chi connectivity index (χ2n) is 5.69. The third kappa shape index (κ3) is 3.65. The van der Waals surface area contributed by atoms with E-state index in [9.17, 15) is 0 Å². The Kier molecular flexibility index (Phi) is 5.15. The summed E-state index contributed by atoms with van der Waals surface area (Å²) in [5.41, 5.74) is 3.22. The van der Waals surface area contributed by atoms with Crippen LogP contribution in [0.4, 0.5) is 5.82 Å². The number of hydrogen-bond acceptors (Lipinski definition) is 6. The normalized spacial score (nSPS) is 15.0. The van der Waals surface area contributed by atoms with Gasteiger partial charge in [-0.15, -0.1) is 0 Å². The van der Waals surface area contributed by atoms with Crippen molar-refractivity contribution in [3.63, 3.8) is 0 Å². The van der Waals surface area contributed by atoms with E-state index in [1.165, 1.54) is 5.56 Å². The van der Waals surface area contributed by atoms with Crippen LogP contribution in [0.5, 0.6) is 0 Å². The molecular formula is C17H23N5O. The van der Waals surface area contributed by atoms with Crippen LogP contribution in [0.15, 0.2) is 24.5 Å². The van der Waals surface area contributed by atoms with Crippen molar-refractivity contribution in [2.45, 2.75) is 32.4 Å². The fraction of sp³-hybridized carbons (Fsp3) is 0.471. The molecule has 23 heavy (non-hydrogen) atoms. The molecule has 6 nitrogen and oxygen atoms in total. The van der Waals surface area contributed by atoms with Crippen molar-refractivity contribution in [1.82, 2.24) is 20.3 Å². The minimum atomic E-state index is 0.246. The predicted octanol–water partition coefficient (Wildman–Crippen LogP) is 2.02. The minimum absolute atomic E-state index is 0.246. The first-order valence-electron chi connectivity index (χ1n) is 8.08. The molecule has 2 aromatic rings.